The summed E-state index contributed by atoms with van der Waals surface area (Å²) in [6.07, 6.45) is -3.48. The van der Waals surface area contributed by atoms with Crippen molar-refractivity contribution in [1.82, 2.24) is 4.98 Å². The number of pyridine rings is 1. The maximum absolute atomic E-state index is 12.4. The van der Waals surface area contributed by atoms with Crippen LogP contribution in [0.4, 0.5) is 13.2 Å². The fourth-order valence-corrected chi connectivity index (χ4v) is 1.43. The Kier molecular flexibility index (Phi) is 2.49. The number of carboxylic acids is 1. The minimum atomic E-state index is -4.50. The van der Waals surface area contributed by atoms with E-state index in [1.54, 1.807) is 0 Å². The molecule has 17 heavy (non-hydrogen) atoms. The van der Waals surface area contributed by atoms with Crippen molar-refractivity contribution in [3.63, 3.8) is 0 Å². The van der Waals surface area contributed by atoms with E-state index >= 15 is 0 Å². The highest BCUT2D eigenvalue weighted by Crippen LogP contribution is 2.29. The van der Waals surface area contributed by atoms with Gasteiger partial charge in [-0.2, -0.15) is 13.2 Å². The molecule has 0 radical (unpaired) electrons. The number of carboxylic acid groups (broad SMARTS) is 1. The van der Waals surface area contributed by atoms with E-state index in [9.17, 15) is 18.0 Å². The first-order valence-electron chi connectivity index (χ1n) is 4.58. The first-order chi connectivity index (χ1) is 7.88. The Bertz CT molecular complexity index is 593. The molecular formula is C11H6F3NO2. The third-order valence-electron chi connectivity index (χ3n) is 2.26. The molecule has 0 aliphatic carbocycles. The average molecular weight is 241 g/mol. The summed E-state index contributed by atoms with van der Waals surface area (Å²) in [6, 6.07) is 4.76. The SMILES string of the molecule is O=C(O)c1ccc2cc(C(F)(F)F)ncc2c1. The van der Waals surface area contributed by atoms with Crippen molar-refractivity contribution in [2.45, 2.75) is 6.18 Å². The molecule has 0 saturated heterocycles. The van der Waals surface area contributed by atoms with E-state index in [1.165, 1.54) is 18.2 Å². The van der Waals surface area contributed by atoms with Crippen LogP contribution in [0.15, 0.2) is 30.5 Å². The van der Waals surface area contributed by atoms with E-state index in [4.69, 9.17) is 5.11 Å². The van der Waals surface area contributed by atoms with Crippen molar-refractivity contribution in [2.75, 3.05) is 0 Å². The third kappa shape index (κ3) is 2.20. The van der Waals surface area contributed by atoms with Crippen LogP contribution in [0.2, 0.25) is 0 Å². The Morgan fingerprint density at radius 1 is 1.18 bits per heavy atom. The molecule has 0 bridgehead atoms. The summed E-state index contributed by atoms with van der Waals surface area (Å²) in [5.41, 5.74) is -0.980. The maximum atomic E-state index is 12.4. The smallest absolute Gasteiger partial charge is 0.433 e. The summed E-state index contributed by atoms with van der Waals surface area (Å²) in [5.74, 6) is -1.13. The Labute approximate surface area is 93.5 Å². The summed E-state index contributed by atoms with van der Waals surface area (Å²) in [5, 5.41) is 9.39. The Hall–Kier alpha value is -2.11. The molecule has 0 fully saturated rings. The van der Waals surface area contributed by atoms with Gasteiger partial charge in [-0.05, 0) is 23.6 Å². The number of nitrogens with zero attached hydrogens (tertiary/aromatic N) is 1. The first-order valence-corrected chi connectivity index (χ1v) is 4.58. The molecule has 1 N–H and O–H groups in total. The van der Waals surface area contributed by atoms with Crippen LogP contribution in [0.3, 0.4) is 0 Å². The summed E-state index contributed by atoms with van der Waals surface area (Å²) in [4.78, 5) is 13.9. The van der Waals surface area contributed by atoms with Gasteiger partial charge < -0.3 is 5.11 Å². The molecule has 2 aromatic rings. The first kappa shape index (κ1) is 11.4. The van der Waals surface area contributed by atoms with Gasteiger partial charge in [0.2, 0.25) is 0 Å². The zero-order valence-corrected chi connectivity index (χ0v) is 8.32. The number of hydrogen-bond acceptors (Lipinski definition) is 2. The molecule has 2 rings (SSSR count). The monoisotopic (exact) mass is 241 g/mol. The average Bonchev–Trinajstić information content (AvgIpc) is 2.26. The number of benzene rings is 1. The summed E-state index contributed by atoms with van der Waals surface area (Å²) < 4.78 is 37.1. The van der Waals surface area contributed by atoms with Crippen LogP contribution < -0.4 is 0 Å². The lowest BCUT2D eigenvalue weighted by molar-refractivity contribution is -0.141. The van der Waals surface area contributed by atoms with Gasteiger partial charge in [-0.1, -0.05) is 6.07 Å². The highest BCUT2D eigenvalue weighted by molar-refractivity contribution is 5.94. The molecule has 0 spiro atoms. The van der Waals surface area contributed by atoms with Crippen LogP contribution >= 0.6 is 0 Å². The second kappa shape index (κ2) is 3.73. The van der Waals surface area contributed by atoms with Gasteiger partial charge >= 0.3 is 12.1 Å². The lowest BCUT2D eigenvalue weighted by atomic mass is 10.1. The van der Waals surface area contributed by atoms with Crippen LogP contribution in [0, 0.1) is 0 Å². The van der Waals surface area contributed by atoms with E-state index in [0.717, 1.165) is 12.3 Å². The second-order valence-electron chi connectivity index (χ2n) is 3.43. The number of carbonyl (C=O) groups is 1. The zero-order valence-electron chi connectivity index (χ0n) is 8.32. The minimum absolute atomic E-state index is 0.0130. The van der Waals surface area contributed by atoms with E-state index in [-0.39, 0.29) is 5.56 Å². The van der Waals surface area contributed by atoms with Gasteiger partial charge in [0.1, 0.15) is 5.69 Å². The van der Waals surface area contributed by atoms with Crippen LogP contribution in [0.25, 0.3) is 10.8 Å². The predicted molar refractivity (Wildman–Crippen MR) is 53.7 cm³/mol. The Morgan fingerprint density at radius 2 is 1.88 bits per heavy atom. The van der Waals surface area contributed by atoms with Crippen molar-refractivity contribution in [3.05, 3.63) is 41.7 Å². The van der Waals surface area contributed by atoms with Crippen LogP contribution in [0.5, 0.6) is 0 Å². The highest BCUT2D eigenvalue weighted by Gasteiger charge is 2.32. The van der Waals surface area contributed by atoms with Gasteiger partial charge in [-0.25, -0.2) is 4.79 Å². The number of fused-ring (bicyclic) bond motifs is 1. The van der Waals surface area contributed by atoms with Crippen LogP contribution in [-0.2, 0) is 6.18 Å². The molecule has 1 aromatic carbocycles. The summed E-state index contributed by atoms with van der Waals surface area (Å²) >= 11 is 0. The number of rotatable bonds is 1. The number of aromatic carboxylic acids is 1. The van der Waals surface area contributed by atoms with Crippen LogP contribution in [-0.4, -0.2) is 16.1 Å². The fourth-order valence-electron chi connectivity index (χ4n) is 1.43. The predicted octanol–water partition coefficient (Wildman–Crippen LogP) is 2.95. The number of aromatic nitrogens is 1. The molecule has 0 unspecified atom stereocenters. The molecule has 0 amide bonds. The number of halogens is 3. The zero-order chi connectivity index (χ0) is 12.6. The lowest BCUT2D eigenvalue weighted by Gasteiger charge is -2.06. The maximum Gasteiger partial charge on any atom is 0.433 e. The van der Waals surface area contributed by atoms with E-state index in [2.05, 4.69) is 4.98 Å². The number of hydrogen-bond donors (Lipinski definition) is 1. The van der Waals surface area contributed by atoms with Crippen molar-refractivity contribution in [1.29, 1.82) is 0 Å². The van der Waals surface area contributed by atoms with Gasteiger partial charge in [-0.3, -0.25) is 4.98 Å². The van der Waals surface area contributed by atoms with Gasteiger partial charge in [-0.15, -0.1) is 0 Å². The van der Waals surface area contributed by atoms with E-state index in [0.29, 0.717) is 10.8 Å². The molecule has 6 heteroatoms. The normalized spacial score (nSPS) is 11.7. The largest absolute Gasteiger partial charge is 0.478 e. The quantitative estimate of drug-likeness (QED) is 0.835. The second-order valence-corrected chi connectivity index (χ2v) is 3.43. The Morgan fingerprint density at radius 3 is 2.47 bits per heavy atom. The van der Waals surface area contributed by atoms with Crippen molar-refractivity contribution >= 4 is 16.7 Å². The topological polar surface area (TPSA) is 50.2 Å². The van der Waals surface area contributed by atoms with Crippen molar-refractivity contribution in [2.24, 2.45) is 0 Å². The summed E-state index contributed by atoms with van der Waals surface area (Å²) in [6.45, 7) is 0. The fraction of sp³-hybridized carbons (Fsp3) is 0.0909. The lowest BCUT2D eigenvalue weighted by Crippen LogP contribution is -2.07. The van der Waals surface area contributed by atoms with E-state index < -0.39 is 17.8 Å². The van der Waals surface area contributed by atoms with Gasteiger partial charge in [0.15, 0.2) is 0 Å². The molecule has 1 aromatic heterocycles. The highest BCUT2D eigenvalue weighted by atomic mass is 19.4. The molecule has 0 saturated carbocycles. The molecule has 0 atom stereocenters. The van der Waals surface area contributed by atoms with Crippen molar-refractivity contribution in [3.8, 4) is 0 Å². The van der Waals surface area contributed by atoms with Gasteiger partial charge in [0, 0.05) is 11.6 Å². The molecular weight excluding hydrogens is 235 g/mol. The number of alkyl halides is 3. The van der Waals surface area contributed by atoms with Gasteiger partial charge in [0.05, 0.1) is 5.56 Å². The molecule has 1 heterocycles. The Balaban J connectivity index is 2.58. The standard InChI is InChI=1S/C11H6F3NO2/c12-11(13,14)9-4-6-1-2-7(10(16)17)3-8(6)5-15-9/h1-5H,(H,16,17). The third-order valence-corrected chi connectivity index (χ3v) is 2.26. The van der Waals surface area contributed by atoms with Crippen molar-refractivity contribution < 1.29 is 23.1 Å². The molecule has 0 aliphatic rings. The molecule has 3 nitrogen and oxygen atoms in total. The minimum Gasteiger partial charge on any atom is -0.478 e. The molecule has 88 valence electrons. The summed E-state index contributed by atoms with van der Waals surface area (Å²) in [7, 11) is 0. The van der Waals surface area contributed by atoms with Gasteiger partial charge in [0.25, 0.3) is 0 Å². The molecule has 0 aliphatic heterocycles. The van der Waals surface area contributed by atoms with Crippen LogP contribution in [0.1, 0.15) is 16.1 Å². The van der Waals surface area contributed by atoms with E-state index in [1.807, 2.05) is 0 Å².